The molecule has 1 saturated carbocycles. The molecule has 2 bridgehead atoms. The molecule has 0 amide bonds. The molecule has 1 aliphatic carbocycles. The molecule has 114 valence electrons. The lowest BCUT2D eigenvalue weighted by Crippen LogP contribution is -2.56. The van der Waals surface area contributed by atoms with Crippen molar-refractivity contribution in [2.24, 2.45) is 0 Å². The molecule has 0 spiro atoms. The van der Waals surface area contributed by atoms with Crippen molar-refractivity contribution in [2.45, 2.75) is 75.8 Å². The van der Waals surface area contributed by atoms with Crippen LogP contribution >= 0.6 is 0 Å². The molecule has 5 heteroatoms. The molecule has 0 radical (unpaired) electrons. The van der Waals surface area contributed by atoms with Gasteiger partial charge in [-0.2, -0.15) is 0 Å². The highest BCUT2D eigenvalue weighted by molar-refractivity contribution is 5.78. The molecule has 5 nitrogen and oxygen atoms in total. The van der Waals surface area contributed by atoms with E-state index >= 15 is 0 Å². The first-order chi connectivity index (χ1) is 9.46. The van der Waals surface area contributed by atoms with E-state index in [-0.39, 0.29) is 6.04 Å². The number of carboxylic acids is 1. The summed E-state index contributed by atoms with van der Waals surface area (Å²) < 4.78 is 5.86. The number of carboxylic acid groups (broad SMARTS) is 1. The van der Waals surface area contributed by atoms with Gasteiger partial charge in [-0.3, -0.25) is 15.0 Å². The van der Waals surface area contributed by atoms with Crippen LogP contribution in [0.4, 0.5) is 0 Å². The lowest BCUT2D eigenvalue weighted by atomic mass is 9.92. The van der Waals surface area contributed by atoms with Gasteiger partial charge in [0, 0.05) is 25.2 Å². The van der Waals surface area contributed by atoms with Gasteiger partial charge in [0.2, 0.25) is 0 Å². The van der Waals surface area contributed by atoms with Gasteiger partial charge in [0.1, 0.15) is 5.54 Å². The molecule has 2 saturated heterocycles. The normalized spacial score (nSPS) is 34.7. The second-order valence-corrected chi connectivity index (χ2v) is 7.02. The van der Waals surface area contributed by atoms with Crippen LogP contribution in [0.2, 0.25) is 0 Å². The highest BCUT2D eigenvalue weighted by atomic mass is 16.5. The Balaban J connectivity index is 1.60. The molecule has 0 aromatic carbocycles. The number of hydrogen-bond donors (Lipinski definition) is 2. The van der Waals surface area contributed by atoms with Crippen LogP contribution in [0.3, 0.4) is 0 Å². The topological polar surface area (TPSA) is 61.8 Å². The molecule has 4 atom stereocenters. The molecule has 2 N–H and O–H groups in total. The lowest BCUT2D eigenvalue weighted by molar-refractivity contribution is -0.145. The summed E-state index contributed by atoms with van der Waals surface area (Å²) in [4.78, 5) is 14.1. The van der Waals surface area contributed by atoms with Crippen LogP contribution < -0.4 is 5.32 Å². The number of rotatable bonds is 6. The summed E-state index contributed by atoms with van der Waals surface area (Å²) in [6, 6.07) is 0.679. The van der Waals surface area contributed by atoms with Gasteiger partial charge in [-0.15, -0.1) is 0 Å². The van der Waals surface area contributed by atoms with E-state index in [1.807, 2.05) is 6.92 Å². The largest absolute Gasteiger partial charge is 0.480 e. The standard InChI is InChI=1S/C15H26N2O3/c1-10(17-8-12-5-6-13(9-17)20-12)7-15(2,14(18)19)16-11-3-4-11/h10-13,16H,3-9H2,1-2H3,(H,18,19). The van der Waals surface area contributed by atoms with Crippen molar-refractivity contribution < 1.29 is 14.6 Å². The van der Waals surface area contributed by atoms with Crippen LogP contribution in [0.15, 0.2) is 0 Å². The van der Waals surface area contributed by atoms with Crippen LogP contribution in [-0.2, 0) is 9.53 Å². The number of fused-ring (bicyclic) bond motifs is 2. The third kappa shape index (κ3) is 3.00. The minimum absolute atomic E-state index is 0.273. The SMILES string of the molecule is CC(CC(C)(NC1CC1)C(=O)O)N1CC2CCC(C1)O2. The summed E-state index contributed by atoms with van der Waals surface area (Å²) in [5.41, 5.74) is -0.808. The predicted octanol–water partition coefficient (Wildman–Crippen LogP) is 1.22. The number of aliphatic carboxylic acids is 1. The van der Waals surface area contributed by atoms with Gasteiger partial charge in [-0.05, 0) is 46.0 Å². The smallest absolute Gasteiger partial charge is 0.323 e. The molecule has 3 rings (SSSR count). The molecule has 2 heterocycles. The summed E-state index contributed by atoms with van der Waals surface area (Å²) in [7, 11) is 0. The van der Waals surface area contributed by atoms with Crippen molar-refractivity contribution in [3.63, 3.8) is 0 Å². The zero-order chi connectivity index (χ0) is 14.3. The van der Waals surface area contributed by atoms with Crippen molar-refractivity contribution in [2.75, 3.05) is 13.1 Å². The highest BCUT2D eigenvalue weighted by Crippen LogP contribution is 2.30. The third-order valence-electron chi connectivity index (χ3n) is 4.97. The van der Waals surface area contributed by atoms with E-state index in [4.69, 9.17) is 4.74 Å². The van der Waals surface area contributed by atoms with Gasteiger partial charge in [-0.1, -0.05) is 0 Å². The molecule has 20 heavy (non-hydrogen) atoms. The zero-order valence-corrected chi connectivity index (χ0v) is 12.5. The monoisotopic (exact) mass is 282 g/mol. The fourth-order valence-electron chi connectivity index (χ4n) is 3.61. The second-order valence-electron chi connectivity index (χ2n) is 7.02. The molecule has 3 aliphatic rings. The second kappa shape index (κ2) is 5.28. The fraction of sp³-hybridized carbons (Fsp3) is 0.933. The molecular weight excluding hydrogens is 256 g/mol. The molecule has 0 aromatic rings. The van der Waals surface area contributed by atoms with E-state index in [0.717, 1.165) is 38.8 Å². The Morgan fingerprint density at radius 3 is 2.45 bits per heavy atom. The molecular formula is C15H26N2O3. The Kier molecular flexibility index (Phi) is 3.77. The maximum absolute atomic E-state index is 11.6. The quantitative estimate of drug-likeness (QED) is 0.767. The number of morpholine rings is 1. The predicted molar refractivity (Wildman–Crippen MR) is 75.7 cm³/mol. The number of ether oxygens (including phenoxy) is 1. The zero-order valence-electron chi connectivity index (χ0n) is 12.5. The Morgan fingerprint density at radius 2 is 1.95 bits per heavy atom. The summed E-state index contributed by atoms with van der Waals surface area (Å²) >= 11 is 0. The lowest BCUT2D eigenvalue weighted by Gasteiger charge is -2.39. The fourth-order valence-corrected chi connectivity index (χ4v) is 3.61. The highest BCUT2D eigenvalue weighted by Gasteiger charge is 2.42. The first-order valence-corrected chi connectivity index (χ1v) is 7.87. The van der Waals surface area contributed by atoms with Gasteiger partial charge < -0.3 is 9.84 Å². The van der Waals surface area contributed by atoms with E-state index in [2.05, 4.69) is 17.1 Å². The number of hydrogen-bond acceptors (Lipinski definition) is 4. The first kappa shape index (κ1) is 14.3. The van der Waals surface area contributed by atoms with Gasteiger partial charge in [0.15, 0.2) is 0 Å². The number of nitrogens with one attached hydrogen (secondary N) is 1. The minimum atomic E-state index is -0.808. The van der Waals surface area contributed by atoms with E-state index in [9.17, 15) is 9.90 Å². The van der Waals surface area contributed by atoms with E-state index < -0.39 is 11.5 Å². The van der Waals surface area contributed by atoms with Crippen LogP contribution in [0, 0.1) is 0 Å². The average molecular weight is 282 g/mol. The third-order valence-corrected chi connectivity index (χ3v) is 4.97. The van der Waals surface area contributed by atoms with Crippen LogP contribution in [0.25, 0.3) is 0 Å². The number of carbonyl (C=O) groups is 1. The summed E-state index contributed by atoms with van der Waals surface area (Å²) in [5, 5.41) is 12.9. The molecule has 3 fully saturated rings. The summed E-state index contributed by atoms with van der Waals surface area (Å²) in [5.74, 6) is -0.729. The molecule has 2 aliphatic heterocycles. The maximum Gasteiger partial charge on any atom is 0.323 e. The molecule has 0 aromatic heterocycles. The van der Waals surface area contributed by atoms with E-state index in [1.54, 1.807) is 0 Å². The number of nitrogens with zero attached hydrogens (tertiary/aromatic N) is 1. The molecule has 4 unspecified atom stereocenters. The van der Waals surface area contributed by atoms with Crippen molar-refractivity contribution in [1.82, 2.24) is 10.2 Å². The van der Waals surface area contributed by atoms with Crippen molar-refractivity contribution in [3.05, 3.63) is 0 Å². The Hall–Kier alpha value is -0.650. The first-order valence-electron chi connectivity index (χ1n) is 7.87. The van der Waals surface area contributed by atoms with Gasteiger partial charge >= 0.3 is 5.97 Å². The van der Waals surface area contributed by atoms with Crippen molar-refractivity contribution in [3.8, 4) is 0 Å². The Morgan fingerprint density at radius 1 is 1.35 bits per heavy atom. The summed E-state index contributed by atoms with van der Waals surface area (Å²) in [6.07, 6.45) is 5.91. The van der Waals surface area contributed by atoms with Gasteiger partial charge in [0.25, 0.3) is 0 Å². The van der Waals surface area contributed by atoms with Crippen molar-refractivity contribution >= 4 is 5.97 Å². The average Bonchev–Trinajstić information content (AvgIpc) is 3.13. The van der Waals surface area contributed by atoms with E-state index in [1.165, 1.54) is 0 Å². The van der Waals surface area contributed by atoms with E-state index in [0.29, 0.717) is 24.7 Å². The van der Waals surface area contributed by atoms with Crippen LogP contribution in [-0.4, -0.2) is 58.9 Å². The minimum Gasteiger partial charge on any atom is -0.480 e. The van der Waals surface area contributed by atoms with Gasteiger partial charge in [-0.25, -0.2) is 0 Å². The Bertz CT molecular complexity index is 373. The number of likely N-dealkylation sites (tertiary alicyclic amines) is 1. The van der Waals surface area contributed by atoms with Crippen molar-refractivity contribution in [1.29, 1.82) is 0 Å². The van der Waals surface area contributed by atoms with Crippen LogP contribution in [0.1, 0.15) is 46.0 Å². The van der Waals surface area contributed by atoms with Crippen LogP contribution in [0.5, 0.6) is 0 Å². The summed E-state index contributed by atoms with van der Waals surface area (Å²) in [6.45, 7) is 5.90. The Labute approximate surface area is 120 Å². The maximum atomic E-state index is 11.6. The van der Waals surface area contributed by atoms with Gasteiger partial charge in [0.05, 0.1) is 12.2 Å².